The number of hydrogen-bond acceptors (Lipinski definition) is 5. The van der Waals surface area contributed by atoms with Gasteiger partial charge in [-0.15, -0.1) is 0 Å². The zero-order chi connectivity index (χ0) is 24.9. The van der Waals surface area contributed by atoms with Gasteiger partial charge in [0.15, 0.2) is 5.12 Å². The van der Waals surface area contributed by atoms with Gasteiger partial charge in [0.2, 0.25) is 11.8 Å². The highest BCUT2D eigenvalue weighted by Crippen LogP contribution is 2.28. The van der Waals surface area contributed by atoms with Crippen molar-refractivity contribution in [2.75, 3.05) is 11.4 Å². The number of amides is 2. The number of thioether (sulfide) groups is 1. The van der Waals surface area contributed by atoms with E-state index >= 15 is 0 Å². The van der Waals surface area contributed by atoms with Crippen LogP contribution in [0.2, 0.25) is 0 Å². The first kappa shape index (κ1) is 24.5. The maximum Gasteiger partial charge on any atom is 0.323 e. The summed E-state index contributed by atoms with van der Waals surface area (Å²) in [7, 11) is 0. The molecule has 2 atom stereocenters. The molecule has 35 heavy (non-hydrogen) atoms. The maximum atomic E-state index is 13.4. The Morgan fingerprint density at radius 3 is 2.54 bits per heavy atom. The molecule has 2 N–H and O–H groups in total. The number of hydrogen-bond donors (Lipinski definition) is 2. The average Bonchev–Trinajstić information content (AvgIpc) is 2.95. The third-order valence-electron chi connectivity index (χ3n) is 6.04. The fourth-order valence-electron chi connectivity index (χ4n) is 4.47. The zero-order valence-electron chi connectivity index (χ0n) is 19.3. The Bertz CT molecular complexity index is 1290. The van der Waals surface area contributed by atoms with Crippen LogP contribution < -0.4 is 10.2 Å². The summed E-state index contributed by atoms with van der Waals surface area (Å²) in [5.74, 6) is -2.03. The van der Waals surface area contributed by atoms with Gasteiger partial charge in [-0.2, -0.15) is 0 Å². The van der Waals surface area contributed by atoms with Crippen LogP contribution in [-0.2, 0) is 32.0 Å². The number of para-hydroxylation sites is 1. The number of carboxylic acid groups (broad SMARTS) is 1. The number of nitrogens with zero attached hydrogens (tertiary/aromatic N) is 1. The molecule has 2 amide bonds. The standard InChI is InChI=1S/C27H26N2O5S/c1-17(30)35-24(15-20-10-6-9-18-7-2-4-11-21(18)20)26(33)28-22-14-13-19-8-3-5-12-23(19)29(27(22)34)16-25(31)32/h2-12,22,24H,13-16H2,1H3,(H,28,33)(H,31,32)/t22-,24?/m0/s1. The Hall–Kier alpha value is -3.65. The lowest BCUT2D eigenvalue weighted by Crippen LogP contribution is -2.51. The summed E-state index contributed by atoms with van der Waals surface area (Å²) in [6, 6.07) is 20.0. The number of benzene rings is 3. The van der Waals surface area contributed by atoms with E-state index in [0.29, 0.717) is 24.9 Å². The fourth-order valence-corrected chi connectivity index (χ4v) is 5.31. The van der Waals surface area contributed by atoms with Gasteiger partial charge >= 0.3 is 5.97 Å². The van der Waals surface area contributed by atoms with E-state index < -0.39 is 35.6 Å². The molecule has 0 aromatic heterocycles. The van der Waals surface area contributed by atoms with Crippen LogP contribution in [0.3, 0.4) is 0 Å². The van der Waals surface area contributed by atoms with Gasteiger partial charge in [-0.05, 0) is 47.2 Å². The first-order valence-corrected chi connectivity index (χ1v) is 12.3. The van der Waals surface area contributed by atoms with Gasteiger partial charge in [0.1, 0.15) is 12.6 Å². The molecule has 1 heterocycles. The monoisotopic (exact) mass is 490 g/mol. The second-order valence-corrected chi connectivity index (χ2v) is 9.87. The van der Waals surface area contributed by atoms with Gasteiger partial charge < -0.3 is 10.4 Å². The third-order valence-corrected chi connectivity index (χ3v) is 7.04. The lowest BCUT2D eigenvalue weighted by Gasteiger charge is -2.26. The first-order valence-electron chi connectivity index (χ1n) is 11.4. The molecular weight excluding hydrogens is 464 g/mol. The number of aliphatic carboxylic acids is 1. The minimum Gasteiger partial charge on any atom is -0.480 e. The molecule has 0 radical (unpaired) electrons. The SMILES string of the molecule is CC(=O)SC(Cc1cccc2ccccc12)C(=O)N[C@H]1CCc2ccccc2N(CC(=O)O)C1=O. The van der Waals surface area contributed by atoms with Gasteiger partial charge in [0.05, 0.1) is 5.25 Å². The van der Waals surface area contributed by atoms with E-state index in [0.717, 1.165) is 33.7 Å². The molecule has 0 bridgehead atoms. The molecule has 180 valence electrons. The minimum absolute atomic E-state index is 0.197. The fraction of sp³-hybridized carbons (Fsp3) is 0.259. The lowest BCUT2D eigenvalue weighted by molar-refractivity contribution is -0.137. The normalized spacial score (nSPS) is 16.3. The highest BCUT2D eigenvalue weighted by molar-refractivity contribution is 8.14. The number of fused-ring (bicyclic) bond motifs is 2. The van der Waals surface area contributed by atoms with Crippen molar-refractivity contribution in [2.45, 2.75) is 37.5 Å². The van der Waals surface area contributed by atoms with Crippen LogP contribution in [0.5, 0.6) is 0 Å². The Labute approximate surface area is 207 Å². The first-order chi connectivity index (χ1) is 16.8. The largest absolute Gasteiger partial charge is 0.480 e. The molecule has 0 spiro atoms. The molecule has 0 saturated carbocycles. The van der Waals surface area contributed by atoms with Crippen LogP contribution >= 0.6 is 11.8 Å². The smallest absolute Gasteiger partial charge is 0.323 e. The van der Waals surface area contributed by atoms with Crippen LogP contribution in [0.15, 0.2) is 66.7 Å². The summed E-state index contributed by atoms with van der Waals surface area (Å²) in [5, 5.41) is 13.3. The number of nitrogens with one attached hydrogen (secondary N) is 1. The topological polar surface area (TPSA) is 104 Å². The molecule has 1 aliphatic rings. The Morgan fingerprint density at radius 1 is 1.06 bits per heavy atom. The number of anilines is 1. The van der Waals surface area contributed by atoms with Gasteiger partial charge in [-0.3, -0.25) is 24.1 Å². The van der Waals surface area contributed by atoms with Gasteiger partial charge in [-0.25, -0.2) is 0 Å². The van der Waals surface area contributed by atoms with Crippen LogP contribution in [0, 0.1) is 0 Å². The quantitative estimate of drug-likeness (QED) is 0.525. The summed E-state index contributed by atoms with van der Waals surface area (Å²) in [6.45, 7) is 0.917. The second kappa shape index (κ2) is 10.7. The van der Waals surface area contributed by atoms with Gasteiger partial charge in [0, 0.05) is 12.6 Å². The van der Waals surface area contributed by atoms with E-state index in [1.807, 2.05) is 54.6 Å². The summed E-state index contributed by atoms with van der Waals surface area (Å²) >= 11 is 0.935. The molecule has 0 saturated heterocycles. The van der Waals surface area contributed by atoms with Crippen molar-refractivity contribution in [3.63, 3.8) is 0 Å². The second-order valence-electron chi connectivity index (χ2n) is 8.49. The number of carbonyl (C=O) groups is 4. The number of carbonyl (C=O) groups excluding carboxylic acids is 3. The molecule has 3 aromatic rings. The van der Waals surface area contributed by atoms with Crippen molar-refractivity contribution in [3.8, 4) is 0 Å². The summed E-state index contributed by atoms with van der Waals surface area (Å²) in [5.41, 5.74) is 2.33. The highest BCUT2D eigenvalue weighted by atomic mass is 32.2. The number of rotatable bonds is 7. The zero-order valence-corrected chi connectivity index (χ0v) is 20.1. The molecule has 1 unspecified atom stereocenters. The van der Waals surface area contributed by atoms with Crippen molar-refractivity contribution in [2.24, 2.45) is 0 Å². The molecule has 1 aliphatic heterocycles. The molecule has 7 nitrogen and oxygen atoms in total. The lowest BCUT2D eigenvalue weighted by atomic mass is 10.0. The predicted molar refractivity (Wildman–Crippen MR) is 136 cm³/mol. The third kappa shape index (κ3) is 5.71. The van der Waals surface area contributed by atoms with E-state index in [2.05, 4.69) is 5.32 Å². The Morgan fingerprint density at radius 2 is 1.77 bits per heavy atom. The van der Waals surface area contributed by atoms with Crippen molar-refractivity contribution in [3.05, 3.63) is 77.9 Å². The molecule has 8 heteroatoms. The predicted octanol–water partition coefficient (Wildman–Crippen LogP) is 3.58. The number of carboxylic acids is 1. The van der Waals surface area contributed by atoms with Crippen molar-refractivity contribution in [1.29, 1.82) is 0 Å². The van der Waals surface area contributed by atoms with E-state index in [1.165, 1.54) is 11.8 Å². The van der Waals surface area contributed by atoms with Crippen molar-refractivity contribution < 1.29 is 24.3 Å². The summed E-state index contributed by atoms with van der Waals surface area (Å²) in [6.07, 6.45) is 1.16. The molecule has 0 aliphatic carbocycles. The summed E-state index contributed by atoms with van der Waals surface area (Å²) in [4.78, 5) is 51.4. The van der Waals surface area contributed by atoms with Crippen LogP contribution in [0.4, 0.5) is 5.69 Å². The molecule has 4 rings (SSSR count). The van der Waals surface area contributed by atoms with E-state index in [-0.39, 0.29) is 5.12 Å². The van der Waals surface area contributed by atoms with Crippen molar-refractivity contribution in [1.82, 2.24) is 5.32 Å². The van der Waals surface area contributed by atoms with Gasteiger partial charge in [0.25, 0.3) is 0 Å². The number of aryl methyl sites for hydroxylation is 1. The van der Waals surface area contributed by atoms with Crippen LogP contribution in [-0.4, -0.2) is 45.8 Å². The van der Waals surface area contributed by atoms with E-state index in [4.69, 9.17) is 0 Å². The van der Waals surface area contributed by atoms with E-state index in [1.54, 1.807) is 12.1 Å². The minimum atomic E-state index is -1.14. The summed E-state index contributed by atoms with van der Waals surface area (Å²) < 4.78 is 0. The van der Waals surface area contributed by atoms with Crippen molar-refractivity contribution >= 4 is 51.1 Å². The Kier molecular flexibility index (Phi) is 7.51. The molecule has 3 aromatic carbocycles. The van der Waals surface area contributed by atoms with Gasteiger partial charge in [-0.1, -0.05) is 72.4 Å². The Balaban J connectivity index is 1.58. The van der Waals surface area contributed by atoms with Crippen LogP contribution in [0.25, 0.3) is 10.8 Å². The van der Waals surface area contributed by atoms with E-state index in [9.17, 15) is 24.3 Å². The molecule has 0 fully saturated rings. The molecular formula is C27H26N2O5S. The maximum absolute atomic E-state index is 13.4. The van der Waals surface area contributed by atoms with Crippen LogP contribution in [0.1, 0.15) is 24.5 Å². The highest BCUT2D eigenvalue weighted by Gasteiger charge is 2.34. The average molecular weight is 491 g/mol.